The van der Waals surface area contributed by atoms with Crippen LogP contribution in [-0.4, -0.2) is 29.6 Å². The minimum atomic E-state index is -2.98. The molecule has 1 aromatic heterocycles. The highest BCUT2D eigenvalue weighted by atomic mass is 19.3. The van der Waals surface area contributed by atoms with Gasteiger partial charge in [-0.2, -0.15) is 8.78 Å². The molecule has 0 saturated heterocycles. The van der Waals surface area contributed by atoms with Gasteiger partial charge < -0.3 is 15.4 Å². The first-order chi connectivity index (χ1) is 10.9. The van der Waals surface area contributed by atoms with Gasteiger partial charge in [0.1, 0.15) is 0 Å². The molecule has 2 fully saturated rings. The van der Waals surface area contributed by atoms with E-state index < -0.39 is 36.4 Å². The summed E-state index contributed by atoms with van der Waals surface area (Å²) in [6.07, 6.45) is 2.24. The molecule has 5 nitrogen and oxygen atoms in total. The minimum Gasteiger partial charge on any atom is -0.417 e. The van der Waals surface area contributed by atoms with Gasteiger partial charge in [0.15, 0.2) is 0 Å². The van der Waals surface area contributed by atoms with Gasteiger partial charge in [-0.25, -0.2) is 18.6 Å². The second kappa shape index (κ2) is 5.86. The van der Waals surface area contributed by atoms with Crippen LogP contribution in [0.1, 0.15) is 21.3 Å². The maximum Gasteiger partial charge on any atom is 0.388 e. The molecule has 0 bridgehead atoms. The van der Waals surface area contributed by atoms with Crippen LogP contribution in [0.15, 0.2) is 18.3 Å². The van der Waals surface area contributed by atoms with Crippen molar-refractivity contribution in [2.45, 2.75) is 38.0 Å². The van der Waals surface area contributed by atoms with Gasteiger partial charge in [0, 0.05) is 33.6 Å². The molecule has 130 valence electrons. The lowest BCUT2D eigenvalue weighted by atomic mass is 10.1. The number of amides is 2. The van der Waals surface area contributed by atoms with E-state index in [4.69, 9.17) is 0 Å². The third-order valence-electron chi connectivity index (χ3n) is 4.26. The van der Waals surface area contributed by atoms with Crippen LogP contribution in [0.5, 0.6) is 5.88 Å². The number of hydrogen-bond donors (Lipinski definition) is 2. The van der Waals surface area contributed by atoms with E-state index in [2.05, 4.69) is 20.4 Å². The molecule has 1 aromatic rings. The van der Waals surface area contributed by atoms with Crippen LogP contribution in [0.25, 0.3) is 0 Å². The molecule has 2 saturated carbocycles. The summed E-state index contributed by atoms with van der Waals surface area (Å²) in [6.45, 7) is -2.94. The number of carbonyl (C=O) groups excluding carboxylic acids is 1. The van der Waals surface area contributed by atoms with Gasteiger partial charge >= 0.3 is 12.6 Å². The normalized spacial score (nSPS) is 27.4. The van der Waals surface area contributed by atoms with E-state index in [-0.39, 0.29) is 15.3 Å². The number of ether oxygens (including phenoxy) is 1. The number of alkyl halides is 4. The number of hydrogen-bond acceptors (Lipinski definition) is 3. The van der Waals surface area contributed by atoms with Crippen LogP contribution < -0.4 is 15.4 Å². The number of aromatic nitrogens is 1. The van der Waals surface area contributed by atoms with Gasteiger partial charge in [0.2, 0.25) is 5.88 Å². The van der Waals surface area contributed by atoms with E-state index in [0.29, 0.717) is 18.4 Å². The Balaban J connectivity index is 0.00000156. The van der Waals surface area contributed by atoms with Crippen molar-refractivity contribution in [2.75, 3.05) is 0 Å². The molecule has 3 unspecified atom stereocenters. The van der Waals surface area contributed by atoms with Crippen molar-refractivity contribution >= 4 is 6.03 Å². The van der Waals surface area contributed by atoms with Crippen LogP contribution in [0.3, 0.4) is 0 Å². The van der Waals surface area contributed by atoms with Gasteiger partial charge in [-0.3, -0.25) is 0 Å². The van der Waals surface area contributed by atoms with Crippen LogP contribution in [0.4, 0.5) is 22.4 Å². The summed E-state index contributed by atoms with van der Waals surface area (Å²) in [6, 6.07) is 1.71. The number of carbonyl (C=O) groups is 1. The first-order valence-electron chi connectivity index (χ1n) is 7.20. The lowest BCUT2D eigenvalue weighted by Crippen LogP contribution is -2.43. The van der Waals surface area contributed by atoms with Gasteiger partial charge in [-0.1, -0.05) is 0 Å². The molecule has 0 aromatic carbocycles. The van der Waals surface area contributed by atoms with E-state index in [9.17, 15) is 22.4 Å². The molecule has 9 heteroatoms. The summed E-state index contributed by atoms with van der Waals surface area (Å²) in [5, 5.41) is 5.05. The highest BCUT2D eigenvalue weighted by molar-refractivity contribution is 5.74. The van der Waals surface area contributed by atoms with Gasteiger partial charge in [-0.05, 0) is 24.5 Å². The Morgan fingerprint density at radius 3 is 2.91 bits per heavy atom. The molecule has 0 aliphatic heterocycles. The molecule has 0 radical (unpaired) electrons. The number of nitrogens with one attached hydrogen (secondary N) is 2. The number of nitrogens with zero attached hydrogens (tertiary/aromatic N) is 1. The second-order valence-electron chi connectivity index (χ2n) is 5.70. The largest absolute Gasteiger partial charge is 0.417 e. The van der Waals surface area contributed by atoms with E-state index in [0.717, 1.165) is 0 Å². The topological polar surface area (TPSA) is 63.2 Å². The molecular formula is C14H19F4N3O2. The SMILES string of the molecule is O=C(NCc1ccnc(OC(F)F)c1)NC1CCC2C1C2(F)F.[HH].[HH]. The minimum absolute atomic E-state index is 0. The standard InChI is InChI=1S/C14H15F4N3O2.2H2/c15-12(16)23-10-5-7(3-4-19-10)6-20-13(22)21-9-2-1-8-11(9)14(8,17)18;;/h3-5,8-9,11-12H,1-2,6H2,(H2,20,21,22);2*1H. The molecule has 23 heavy (non-hydrogen) atoms. The Labute approximate surface area is 132 Å². The predicted molar refractivity (Wildman–Crippen MR) is 75.4 cm³/mol. The Kier molecular flexibility index (Phi) is 4.03. The van der Waals surface area contributed by atoms with Crippen molar-refractivity contribution in [3.05, 3.63) is 23.9 Å². The fourth-order valence-corrected chi connectivity index (χ4v) is 3.16. The predicted octanol–water partition coefficient (Wildman–Crippen LogP) is 3.02. The molecule has 3 atom stereocenters. The zero-order chi connectivity index (χ0) is 16.6. The maximum atomic E-state index is 13.3. The summed E-state index contributed by atoms with van der Waals surface area (Å²) < 4.78 is 54.9. The van der Waals surface area contributed by atoms with Crippen molar-refractivity contribution in [2.24, 2.45) is 11.8 Å². The quantitative estimate of drug-likeness (QED) is 0.812. The molecular weight excluding hydrogens is 318 g/mol. The lowest BCUT2D eigenvalue weighted by molar-refractivity contribution is -0.0529. The lowest BCUT2D eigenvalue weighted by Gasteiger charge is -2.16. The number of pyridine rings is 1. The molecule has 0 spiro atoms. The summed E-state index contributed by atoms with van der Waals surface area (Å²) in [5.41, 5.74) is 0.506. The van der Waals surface area contributed by atoms with Crippen LogP contribution in [0, 0.1) is 11.8 Å². The Bertz CT molecular complexity index is 609. The van der Waals surface area contributed by atoms with E-state index in [1.54, 1.807) is 0 Å². The average Bonchev–Trinajstić information content (AvgIpc) is 2.81. The number of fused-ring (bicyclic) bond motifs is 1. The summed E-state index contributed by atoms with van der Waals surface area (Å²) >= 11 is 0. The Morgan fingerprint density at radius 2 is 2.26 bits per heavy atom. The summed E-state index contributed by atoms with van der Waals surface area (Å²) in [5.74, 6) is -4.29. The van der Waals surface area contributed by atoms with Gasteiger partial charge in [-0.15, -0.1) is 0 Å². The zero-order valence-corrected chi connectivity index (χ0v) is 11.9. The van der Waals surface area contributed by atoms with Crippen molar-refractivity contribution in [3.63, 3.8) is 0 Å². The van der Waals surface area contributed by atoms with Gasteiger partial charge in [0.05, 0.1) is 5.92 Å². The summed E-state index contributed by atoms with van der Waals surface area (Å²) in [7, 11) is 0. The second-order valence-corrected chi connectivity index (χ2v) is 5.70. The van der Waals surface area contributed by atoms with E-state index >= 15 is 0 Å². The molecule has 3 rings (SSSR count). The van der Waals surface area contributed by atoms with Crippen LogP contribution in [0.2, 0.25) is 0 Å². The monoisotopic (exact) mass is 337 g/mol. The maximum absolute atomic E-state index is 13.3. The molecule has 2 aliphatic carbocycles. The number of rotatable bonds is 5. The molecule has 2 aliphatic rings. The average molecular weight is 337 g/mol. The van der Waals surface area contributed by atoms with Crippen LogP contribution in [-0.2, 0) is 6.54 Å². The van der Waals surface area contributed by atoms with Crippen molar-refractivity contribution in [3.8, 4) is 5.88 Å². The fraction of sp³-hybridized carbons (Fsp3) is 0.571. The molecule has 1 heterocycles. The Hall–Kier alpha value is -2.06. The van der Waals surface area contributed by atoms with E-state index in [1.807, 2.05) is 0 Å². The van der Waals surface area contributed by atoms with Crippen molar-refractivity contribution < 1.29 is 29.9 Å². The van der Waals surface area contributed by atoms with Gasteiger partial charge in [0.25, 0.3) is 5.92 Å². The van der Waals surface area contributed by atoms with Crippen molar-refractivity contribution in [1.29, 1.82) is 0 Å². The van der Waals surface area contributed by atoms with E-state index in [1.165, 1.54) is 18.3 Å². The first kappa shape index (κ1) is 15.8. The third kappa shape index (κ3) is 3.32. The highest BCUT2D eigenvalue weighted by Crippen LogP contribution is 2.63. The fourth-order valence-electron chi connectivity index (χ4n) is 3.16. The Morgan fingerprint density at radius 1 is 1.48 bits per heavy atom. The number of urea groups is 1. The molecule has 2 N–H and O–H groups in total. The number of halogens is 4. The van der Waals surface area contributed by atoms with Crippen molar-refractivity contribution in [1.82, 2.24) is 15.6 Å². The summed E-state index contributed by atoms with van der Waals surface area (Å²) in [4.78, 5) is 15.4. The van der Waals surface area contributed by atoms with Crippen LogP contribution >= 0.6 is 0 Å². The third-order valence-corrected chi connectivity index (χ3v) is 4.26. The highest BCUT2D eigenvalue weighted by Gasteiger charge is 2.73. The molecule has 2 amide bonds. The zero-order valence-electron chi connectivity index (χ0n) is 11.9. The smallest absolute Gasteiger partial charge is 0.388 e. The first-order valence-corrected chi connectivity index (χ1v) is 7.20.